The number of benzene rings is 1. The van der Waals surface area contributed by atoms with E-state index in [0.717, 1.165) is 28.8 Å². The van der Waals surface area contributed by atoms with Gasteiger partial charge in [0.05, 0.1) is 16.9 Å². The lowest BCUT2D eigenvalue weighted by molar-refractivity contribution is 0.0683. The van der Waals surface area contributed by atoms with E-state index in [1.165, 1.54) is 11.3 Å². The summed E-state index contributed by atoms with van der Waals surface area (Å²) in [6.45, 7) is 1.27. The highest BCUT2D eigenvalue weighted by Gasteiger charge is 2.28. The number of amides is 2. The van der Waals surface area contributed by atoms with Crippen LogP contribution in [0.1, 0.15) is 44.8 Å². The highest BCUT2D eigenvalue weighted by Crippen LogP contribution is 2.31. The first-order valence-electron chi connectivity index (χ1n) is 10.1. The van der Waals surface area contributed by atoms with Gasteiger partial charge < -0.3 is 14.6 Å². The van der Waals surface area contributed by atoms with Crippen LogP contribution in [0.3, 0.4) is 0 Å². The van der Waals surface area contributed by atoms with Crippen LogP contribution in [-0.4, -0.2) is 39.8 Å². The number of rotatable bonds is 4. The number of carbonyl (C=O) groups is 2. The van der Waals surface area contributed by atoms with E-state index in [1.807, 2.05) is 29.2 Å². The predicted molar refractivity (Wildman–Crippen MR) is 118 cm³/mol. The number of para-hydroxylation sites is 1. The molecule has 0 spiro atoms. The average Bonchev–Trinajstić information content (AvgIpc) is 3.47. The van der Waals surface area contributed by atoms with Gasteiger partial charge in [0.1, 0.15) is 11.3 Å². The van der Waals surface area contributed by atoms with E-state index < -0.39 is 0 Å². The fourth-order valence-corrected chi connectivity index (χ4v) is 4.76. The van der Waals surface area contributed by atoms with Crippen LogP contribution in [0.5, 0.6) is 0 Å². The van der Waals surface area contributed by atoms with E-state index in [0.29, 0.717) is 30.2 Å². The molecule has 1 fully saturated rings. The molecule has 8 heteroatoms. The molecule has 156 valence electrons. The fourth-order valence-electron chi connectivity index (χ4n) is 3.78. The van der Waals surface area contributed by atoms with Crippen LogP contribution in [0.25, 0.3) is 11.0 Å². The third kappa shape index (κ3) is 4.06. The maximum atomic E-state index is 12.8. The van der Waals surface area contributed by atoms with Gasteiger partial charge in [-0.1, -0.05) is 18.2 Å². The molecule has 5 rings (SSSR count). The van der Waals surface area contributed by atoms with E-state index in [2.05, 4.69) is 15.3 Å². The molecule has 0 saturated carbocycles. The van der Waals surface area contributed by atoms with Crippen LogP contribution in [0.4, 0.5) is 5.69 Å². The van der Waals surface area contributed by atoms with Gasteiger partial charge in [-0.15, -0.1) is 11.3 Å². The molecule has 7 nitrogen and oxygen atoms in total. The number of likely N-dealkylation sites (tertiary alicyclic amines) is 1. The van der Waals surface area contributed by atoms with Crippen LogP contribution < -0.4 is 5.32 Å². The molecule has 0 bridgehead atoms. The maximum absolute atomic E-state index is 12.8. The third-order valence-electron chi connectivity index (χ3n) is 5.44. The molecule has 1 N–H and O–H groups in total. The Bertz CT molecular complexity index is 1190. The van der Waals surface area contributed by atoms with E-state index in [-0.39, 0.29) is 17.7 Å². The number of aromatic nitrogens is 2. The number of nitrogens with zero attached hydrogens (tertiary/aromatic N) is 3. The monoisotopic (exact) mass is 432 g/mol. The Balaban J connectivity index is 1.20. The van der Waals surface area contributed by atoms with Crippen molar-refractivity contribution in [3.63, 3.8) is 0 Å². The highest BCUT2D eigenvalue weighted by atomic mass is 32.1. The van der Waals surface area contributed by atoms with Crippen molar-refractivity contribution in [2.24, 2.45) is 0 Å². The van der Waals surface area contributed by atoms with Crippen molar-refractivity contribution in [3.05, 3.63) is 76.7 Å². The van der Waals surface area contributed by atoms with E-state index in [9.17, 15) is 9.59 Å². The number of anilines is 1. The molecule has 2 amide bonds. The summed E-state index contributed by atoms with van der Waals surface area (Å²) < 4.78 is 5.72. The Morgan fingerprint density at radius 2 is 1.97 bits per heavy atom. The molecule has 1 saturated heterocycles. The van der Waals surface area contributed by atoms with Crippen LogP contribution in [-0.2, 0) is 0 Å². The van der Waals surface area contributed by atoms with E-state index >= 15 is 0 Å². The number of carbonyl (C=O) groups excluding carboxylic acids is 2. The minimum Gasteiger partial charge on any atom is -0.451 e. The summed E-state index contributed by atoms with van der Waals surface area (Å²) in [4.78, 5) is 35.6. The Morgan fingerprint density at radius 3 is 2.74 bits per heavy atom. The highest BCUT2D eigenvalue weighted by molar-refractivity contribution is 7.10. The Hall–Kier alpha value is -3.52. The van der Waals surface area contributed by atoms with Crippen molar-refractivity contribution in [2.75, 3.05) is 18.4 Å². The molecule has 31 heavy (non-hydrogen) atoms. The largest absolute Gasteiger partial charge is 0.451 e. The maximum Gasteiger partial charge on any atom is 0.289 e. The quantitative estimate of drug-likeness (QED) is 0.511. The van der Waals surface area contributed by atoms with Gasteiger partial charge in [0.2, 0.25) is 0 Å². The lowest BCUT2D eigenvalue weighted by Crippen LogP contribution is -2.37. The lowest BCUT2D eigenvalue weighted by Gasteiger charge is -2.30. The molecule has 0 atom stereocenters. The second-order valence-corrected chi connectivity index (χ2v) is 8.37. The number of pyridine rings is 1. The second kappa shape index (κ2) is 8.31. The molecule has 0 unspecified atom stereocenters. The topological polar surface area (TPSA) is 88.3 Å². The first-order chi connectivity index (χ1) is 15.2. The number of nitrogens with one attached hydrogen (secondary N) is 1. The zero-order valence-electron chi connectivity index (χ0n) is 16.7. The van der Waals surface area contributed by atoms with Crippen LogP contribution >= 0.6 is 11.3 Å². The number of furan rings is 1. The van der Waals surface area contributed by atoms with Crippen LogP contribution in [0, 0.1) is 0 Å². The van der Waals surface area contributed by atoms with Crippen molar-refractivity contribution in [1.29, 1.82) is 0 Å². The average molecular weight is 433 g/mol. The van der Waals surface area contributed by atoms with Crippen molar-refractivity contribution < 1.29 is 14.0 Å². The predicted octanol–water partition coefficient (Wildman–Crippen LogP) is 4.56. The second-order valence-electron chi connectivity index (χ2n) is 7.48. The summed E-state index contributed by atoms with van der Waals surface area (Å²) in [5, 5.41) is 6.46. The Morgan fingerprint density at radius 1 is 1.13 bits per heavy atom. The summed E-state index contributed by atoms with van der Waals surface area (Å²) in [6, 6.07) is 13.0. The molecular formula is C23H20N4O3S. The summed E-state index contributed by atoms with van der Waals surface area (Å²) in [5.41, 5.74) is 1.77. The Kier molecular flexibility index (Phi) is 5.21. The van der Waals surface area contributed by atoms with Gasteiger partial charge in [-0.3, -0.25) is 14.6 Å². The molecule has 3 aromatic heterocycles. The fraction of sp³-hybridized carbons (Fsp3) is 0.217. The molecule has 0 aliphatic carbocycles. The van der Waals surface area contributed by atoms with Gasteiger partial charge in [0.15, 0.2) is 5.76 Å². The normalized spacial score (nSPS) is 14.6. The number of thiazole rings is 1. The van der Waals surface area contributed by atoms with Crippen molar-refractivity contribution in [2.45, 2.75) is 18.8 Å². The van der Waals surface area contributed by atoms with Gasteiger partial charge >= 0.3 is 0 Å². The first-order valence-corrected chi connectivity index (χ1v) is 11.0. The minimum absolute atomic E-state index is 0.0784. The number of piperidine rings is 1. The van der Waals surface area contributed by atoms with Crippen molar-refractivity contribution >= 4 is 39.8 Å². The summed E-state index contributed by atoms with van der Waals surface area (Å²) in [5.74, 6) is 0.297. The molecule has 1 aliphatic heterocycles. The van der Waals surface area contributed by atoms with Gasteiger partial charge in [0, 0.05) is 36.0 Å². The van der Waals surface area contributed by atoms with Gasteiger partial charge in [-0.25, -0.2) is 4.98 Å². The zero-order chi connectivity index (χ0) is 21.2. The van der Waals surface area contributed by atoms with Gasteiger partial charge in [-0.05, 0) is 37.1 Å². The minimum atomic E-state index is -0.243. The zero-order valence-corrected chi connectivity index (χ0v) is 17.5. The van der Waals surface area contributed by atoms with Crippen molar-refractivity contribution in [3.8, 4) is 0 Å². The number of fused-ring (bicyclic) bond motifs is 1. The molecule has 0 radical (unpaired) electrons. The molecule has 1 aromatic carbocycles. The smallest absolute Gasteiger partial charge is 0.289 e. The summed E-state index contributed by atoms with van der Waals surface area (Å²) in [7, 11) is 0. The molecule has 4 heterocycles. The standard InChI is InChI=1S/C23H20N4O3S/c28-21(25-17-5-3-9-24-13-17)18-14-31-22(26-18)15-7-10-27(11-8-15)23(29)20-12-16-4-1-2-6-19(16)30-20/h1-6,9,12-15H,7-8,10-11H2,(H,25,28). The summed E-state index contributed by atoms with van der Waals surface area (Å²) in [6.07, 6.45) is 4.87. The lowest BCUT2D eigenvalue weighted by atomic mass is 9.97. The molecular weight excluding hydrogens is 412 g/mol. The number of hydrogen-bond acceptors (Lipinski definition) is 6. The first kappa shape index (κ1) is 19.4. The Labute approximate surface area is 182 Å². The van der Waals surface area contributed by atoms with E-state index in [1.54, 1.807) is 36.0 Å². The van der Waals surface area contributed by atoms with Crippen LogP contribution in [0.2, 0.25) is 0 Å². The molecule has 1 aliphatic rings. The third-order valence-corrected chi connectivity index (χ3v) is 6.45. The van der Waals surface area contributed by atoms with E-state index in [4.69, 9.17) is 4.42 Å². The SMILES string of the molecule is O=C(Nc1cccnc1)c1csc(C2CCN(C(=O)c3cc4ccccc4o3)CC2)n1. The van der Waals surface area contributed by atoms with Crippen molar-refractivity contribution in [1.82, 2.24) is 14.9 Å². The summed E-state index contributed by atoms with van der Waals surface area (Å²) >= 11 is 1.49. The van der Waals surface area contributed by atoms with Crippen LogP contribution in [0.15, 0.2) is 64.7 Å². The van der Waals surface area contributed by atoms with Gasteiger partial charge in [-0.2, -0.15) is 0 Å². The molecule has 4 aromatic rings. The number of hydrogen-bond donors (Lipinski definition) is 1. The van der Waals surface area contributed by atoms with Gasteiger partial charge in [0.25, 0.3) is 11.8 Å².